The van der Waals surface area contributed by atoms with Crippen molar-refractivity contribution in [1.29, 1.82) is 0 Å². The Balaban J connectivity index is 2.06. The second-order valence-corrected chi connectivity index (χ2v) is 7.84. The van der Waals surface area contributed by atoms with Gasteiger partial charge in [-0.15, -0.1) is 0 Å². The predicted octanol–water partition coefficient (Wildman–Crippen LogP) is 2.88. The second kappa shape index (κ2) is 7.64. The van der Waals surface area contributed by atoms with Crippen molar-refractivity contribution in [1.82, 2.24) is 10.3 Å². The molecule has 0 spiro atoms. The van der Waals surface area contributed by atoms with Crippen LogP contribution < -0.4 is 5.32 Å². The van der Waals surface area contributed by atoms with E-state index < -0.39 is 11.9 Å². The average Bonchev–Trinajstić information content (AvgIpc) is 2.60. The molecule has 2 heterocycles. The number of hydrogen-bond donors (Lipinski definition) is 1. The number of carbonyl (C=O) groups is 2. The zero-order valence-corrected chi connectivity index (χ0v) is 16.3. The third-order valence-corrected chi connectivity index (χ3v) is 5.02. The van der Waals surface area contributed by atoms with Crippen LogP contribution in [0.15, 0.2) is 47.1 Å². The molecule has 1 unspecified atom stereocenters. The van der Waals surface area contributed by atoms with Crippen molar-refractivity contribution < 1.29 is 19.1 Å². The van der Waals surface area contributed by atoms with Crippen LogP contribution in [0.5, 0.6) is 0 Å². The molecule has 2 aliphatic rings. The minimum atomic E-state index is -0.442. The highest BCUT2D eigenvalue weighted by molar-refractivity contribution is 6.04. The molecular formula is C21H26N2O4. The third-order valence-electron chi connectivity index (χ3n) is 5.02. The number of hydrogen-bond acceptors (Lipinski definition) is 6. The van der Waals surface area contributed by atoms with Crippen LogP contribution in [0.25, 0.3) is 0 Å². The van der Waals surface area contributed by atoms with E-state index in [1.54, 1.807) is 19.5 Å². The zero-order chi connectivity index (χ0) is 19.6. The molecule has 1 aromatic rings. The van der Waals surface area contributed by atoms with Crippen LogP contribution in [0, 0.1) is 5.41 Å². The van der Waals surface area contributed by atoms with Gasteiger partial charge in [0.2, 0.25) is 0 Å². The van der Waals surface area contributed by atoms with Crippen LogP contribution in [0.1, 0.15) is 45.1 Å². The molecule has 6 nitrogen and oxygen atoms in total. The first-order valence-corrected chi connectivity index (χ1v) is 9.14. The van der Waals surface area contributed by atoms with Gasteiger partial charge >= 0.3 is 5.97 Å². The molecule has 144 valence electrons. The van der Waals surface area contributed by atoms with Crippen molar-refractivity contribution in [3.8, 4) is 0 Å². The maximum Gasteiger partial charge on any atom is 0.336 e. The highest BCUT2D eigenvalue weighted by atomic mass is 16.6. The van der Waals surface area contributed by atoms with Crippen molar-refractivity contribution in [2.75, 3.05) is 20.3 Å². The SMILES string of the molecule is COCCOC(=O)C1=C(C)NC2=C(C(=O)CC(C)(C)C2)C1c1ccncc1. The Morgan fingerprint density at radius 2 is 1.96 bits per heavy atom. The first kappa shape index (κ1) is 19.3. The Bertz CT molecular complexity index is 809. The number of aromatic nitrogens is 1. The molecule has 1 aromatic heterocycles. The highest BCUT2D eigenvalue weighted by Crippen LogP contribution is 2.46. The Hall–Kier alpha value is -2.47. The molecule has 1 atom stereocenters. The normalized spacial score (nSPS) is 21.6. The van der Waals surface area contributed by atoms with Gasteiger partial charge in [0.15, 0.2) is 5.78 Å². The Kier molecular flexibility index (Phi) is 5.46. The second-order valence-electron chi connectivity index (χ2n) is 7.84. The Labute approximate surface area is 159 Å². The van der Waals surface area contributed by atoms with Gasteiger partial charge in [0.1, 0.15) is 6.61 Å². The number of esters is 1. The molecule has 27 heavy (non-hydrogen) atoms. The van der Waals surface area contributed by atoms with Crippen molar-refractivity contribution in [3.63, 3.8) is 0 Å². The van der Waals surface area contributed by atoms with Crippen molar-refractivity contribution in [3.05, 3.63) is 52.6 Å². The Morgan fingerprint density at radius 3 is 2.63 bits per heavy atom. The van der Waals surface area contributed by atoms with E-state index in [0.717, 1.165) is 23.4 Å². The number of pyridine rings is 1. The number of dihydropyridines is 1. The van der Waals surface area contributed by atoms with E-state index in [-0.39, 0.29) is 17.8 Å². The zero-order valence-electron chi connectivity index (χ0n) is 16.3. The average molecular weight is 370 g/mol. The number of ketones is 1. The number of methoxy groups -OCH3 is 1. The lowest BCUT2D eigenvalue weighted by atomic mass is 9.69. The number of allylic oxidation sites excluding steroid dienone is 3. The third kappa shape index (κ3) is 3.95. The predicted molar refractivity (Wildman–Crippen MR) is 101 cm³/mol. The fourth-order valence-electron chi connectivity index (χ4n) is 3.89. The topological polar surface area (TPSA) is 77.5 Å². The molecule has 0 bridgehead atoms. The molecule has 0 aromatic carbocycles. The lowest BCUT2D eigenvalue weighted by Gasteiger charge is -2.39. The van der Waals surface area contributed by atoms with E-state index in [9.17, 15) is 9.59 Å². The highest BCUT2D eigenvalue weighted by Gasteiger charge is 2.43. The molecule has 1 aliphatic carbocycles. The molecule has 1 N–H and O–H groups in total. The lowest BCUT2D eigenvalue weighted by molar-refractivity contribution is -0.140. The fourth-order valence-corrected chi connectivity index (χ4v) is 3.89. The maximum atomic E-state index is 13.1. The molecular weight excluding hydrogens is 344 g/mol. The van der Waals surface area contributed by atoms with Crippen LogP contribution in [0.2, 0.25) is 0 Å². The first-order valence-electron chi connectivity index (χ1n) is 9.14. The van der Waals surface area contributed by atoms with Gasteiger partial charge in [0.05, 0.1) is 12.2 Å². The fraction of sp³-hybridized carbons (Fsp3) is 0.476. The van der Waals surface area contributed by atoms with Crippen LogP contribution in [0.3, 0.4) is 0 Å². The van der Waals surface area contributed by atoms with Crippen LogP contribution >= 0.6 is 0 Å². The number of rotatable bonds is 5. The number of ether oxygens (including phenoxy) is 2. The van der Waals surface area contributed by atoms with Crippen molar-refractivity contribution in [2.45, 2.75) is 39.5 Å². The minimum absolute atomic E-state index is 0.0743. The van der Waals surface area contributed by atoms with E-state index in [0.29, 0.717) is 24.2 Å². The lowest BCUT2D eigenvalue weighted by Crippen LogP contribution is -2.38. The van der Waals surface area contributed by atoms with Crippen LogP contribution in [-0.4, -0.2) is 37.1 Å². The monoisotopic (exact) mass is 370 g/mol. The van der Waals surface area contributed by atoms with Crippen molar-refractivity contribution >= 4 is 11.8 Å². The summed E-state index contributed by atoms with van der Waals surface area (Å²) < 4.78 is 10.4. The molecule has 0 amide bonds. The van der Waals surface area contributed by atoms with Crippen molar-refractivity contribution in [2.24, 2.45) is 5.41 Å². The maximum absolute atomic E-state index is 13.1. The summed E-state index contributed by atoms with van der Waals surface area (Å²) in [6.07, 6.45) is 4.58. The summed E-state index contributed by atoms with van der Waals surface area (Å²) in [5.74, 6) is -0.795. The molecule has 0 radical (unpaired) electrons. The van der Waals surface area contributed by atoms with E-state index in [1.165, 1.54) is 0 Å². The number of nitrogens with one attached hydrogen (secondary N) is 1. The number of nitrogens with zero attached hydrogens (tertiary/aromatic N) is 1. The van der Waals surface area contributed by atoms with E-state index >= 15 is 0 Å². The van der Waals surface area contributed by atoms with Gasteiger partial charge in [0, 0.05) is 48.8 Å². The number of Topliss-reactive ketones (excluding diaryl/α,β-unsaturated/α-hetero) is 1. The largest absolute Gasteiger partial charge is 0.460 e. The molecule has 0 saturated heterocycles. The summed E-state index contributed by atoms with van der Waals surface area (Å²) in [4.78, 5) is 30.0. The number of carbonyl (C=O) groups excluding carboxylic acids is 2. The van der Waals surface area contributed by atoms with Gasteiger partial charge in [-0.1, -0.05) is 13.8 Å². The molecule has 1 aliphatic heterocycles. The summed E-state index contributed by atoms with van der Waals surface area (Å²) in [6.45, 7) is 6.53. The minimum Gasteiger partial charge on any atom is -0.460 e. The van der Waals surface area contributed by atoms with Crippen LogP contribution in [-0.2, 0) is 19.1 Å². The molecule has 0 saturated carbocycles. The standard InChI is InChI=1S/C21H26N2O4/c1-13-17(20(25)27-10-9-26-4)18(14-5-7-22-8-6-14)19-15(23-13)11-21(2,3)12-16(19)24/h5-8,18,23H,9-12H2,1-4H3. The van der Waals surface area contributed by atoms with Gasteiger partial charge in [-0.05, 0) is 36.5 Å². The van der Waals surface area contributed by atoms with E-state index in [4.69, 9.17) is 9.47 Å². The first-order chi connectivity index (χ1) is 12.8. The van der Waals surface area contributed by atoms with Gasteiger partial charge in [-0.3, -0.25) is 9.78 Å². The summed E-state index contributed by atoms with van der Waals surface area (Å²) >= 11 is 0. The van der Waals surface area contributed by atoms with Gasteiger partial charge in [0.25, 0.3) is 0 Å². The van der Waals surface area contributed by atoms with E-state index in [1.807, 2.05) is 19.1 Å². The molecule has 3 rings (SSSR count). The summed E-state index contributed by atoms with van der Waals surface area (Å²) in [6, 6.07) is 3.70. The summed E-state index contributed by atoms with van der Waals surface area (Å²) in [7, 11) is 1.56. The summed E-state index contributed by atoms with van der Waals surface area (Å²) in [5, 5.41) is 3.32. The molecule has 6 heteroatoms. The van der Waals surface area contributed by atoms with Gasteiger partial charge in [-0.2, -0.15) is 0 Å². The summed E-state index contributed by atoms with van der Waals surface area (Å²) in [5.41, 5.74) is 3.54. The van der Waals surface area contributed by atoms with Gasteiger partial charge < -0.3 is 14.8 Å². The van der Waals surface area contributed by atoms with Gasteiger partial charge in [-0.25, -0.2) is 4.79 Å². The van der Waals surface area contributed by atoms with E-state index in [2.05, 4.69) is 24.1 Å². The Morgan fingerprint density at radius 1 is 1.26 bits per heavy atom. The smallest absolute Gasteiger partial charge is 0.336 e. The quantitative estimate of drug-likeness (QED) is 0.634. The van der Waals surface area contributed by atoms with Crippen LogP contribution in [0.4, 0.5) is 0 Å². The molecule has 0 fully saturated rings.